The Hall–Kier alpha value is -0.930. The van der Waals surface area contributed by atoms with Crippen LogP contribution < -0.4 is 0 Å². The van der Waals surface area contributed by atoms with E-state index in [0.29, 0.717) is 0 Å². The molecule has 14 heavy (non-hydrogen) atoms. The number of aliphatic hydroxyl groups is 1. The van der Waals surface area contributed by atoms with Gasteiger partial charge >= 0.3 is 0 Å². The first kappa shape index (κ1) is 9.62. The van der Waals surface area contributed by atoms with Crippen LogP contribution in [0.25, 0.3) is 0 Å². The molecule has 0 aromatic carbocycles. The molecule has 0 spiro atoms. The molecule has 0 unspecified atom stereocenters. The smallest absolute Gasteiger partial charge is 0.0872 e. The van der Waals surface area contributed by atoms with Crippen LogP contribution in [0, 0.1) is 6.92 Å². The highest BCUT2D eigenvalue weighted by atomic mass is 16.3. The number of hydrogen-bond acceptors (Lipinski definition) is 3. The largest absolute Gasteiger partial charge is 0.388 e. The summed E-state index contributed by atoms with van der Waals surface area (Å²) >= 11 is 0. The Labute approximate surface area is 84.4 Å². The molecule has 0 radical (unpaired) electrons. The second-order valence-corrected chi connectivity index (χ2v) is 4.41. The highest BCUT2D eigenvalue weighted by Crippen LogP contribution is 2.21. The van der Waals surface area contributed by atoms with Gasteiger partial charge in [0.05, 0.1) is 11.3 Å². The first-order valence-corrected chi connectivity index (χ1v) is 4.92. The summed E-state index contributed by atoms with van der Waals surface area (Å²) in [5.41, 5.74) is 1.65. The van der Waals surface area contributed by atoms with Gasteiger partial charge in [0.2, 0.25) is 0 Å². The maximum atomic E-state index is 9.55. The Morgan fingerprint density at radius 1 is 1.50 bits per heavy atom. The van der Waals surface area contributed by atoms with Crippen molar-refractivity contribution in [1.82, 2.24) is 9.88 Å². The second-order valence-electron chi connectivity index (χ2n) is 4.41. The van der Waals surface area contributed by atoms with Crippen molar-refractivity contribution in [3.05, 3.63) is 29.6 Å². The van der Waals surface area contributed by atoms with Gasteiger partial charge in [0.25, 0.3) is 0 Å². The van der Waals surface area contributed by atoms with Gasteiger partial charge in [-0.2, -0.15) is 0 Å². The Morgan fingerprint density at radius 3 is 2.79 bits per heavy atom. The molecule has 2 heterocycles. The van der Waals surface area contributed by atoms with Gasteiger partial charge in [-0.1, -0.05) is 6.07 Å². The summed E-state index contributed by atoms with van der Waals surface area (Å²) in [6, 6.07) is 6.05. The zero-order chi connectivity index (χ0) is 10.2. The Balaban J connectivity index is 1.93. The Bertz CT molecular complexity index is 328. The molecule has 0 amide bonds. The van der Waals surface area contributed by atoms with E-state index in [-0.39, 0.29) is 0 Å². The molecule has 3 heteroatoms. The topological polar surface area (TPSA) is 36.4 Å². The number of β-amino-alcohol motifs (C(OH)–C–C–N with tert-alkyl or cyclic N) is 1. The minimum absolute atomic E-state index is 0.482. The van der Waals surface area contributed by atoms with Crippen LogP contribution in [0.3, 0.4) is 0 Å². The third-order valence-electron chi connectivity index (χ3n) is 2.46. The normalized spacial score (nSPS) is 20.5. The molecule has 0 bridgehead atoms. The van der Waals surface area contributed by atoms with Crippen molar-refractivity contribution >= 4 is 0 Å². The predicted octanol–water partition coefficient (Wildman–Crippen LogP) is 0.957. The summed E-state index contributed by atoms with van der Waals surface area (Å²) in [5, 5.41) is 9.55. The van der Waals surface area contributed by atoms with Crippen molar-refractivity contribution in [2.24, 2.45) is 0 Å². The minimum atomic E-state index is -0.482. The van der Waals surface area contributed by atoms with E-state index in [4.69, 9.17) is 0 Å². The Kier molecular flexibility index (Phi) is 2.29. The molecule has 1 N–H and O–H groups in total. The van der Waals surface area contributed by atoms with Crippen molar-refractivity contribution in [2.75, 3.05) is 13.1 Å². The highest BCUT2D eigenvalue weighted by Gasteiger charge is 2.36. The monoisotopic (exact) mass is 192 g/mol. The molecule has 0 aliphatic carbocycles. The molecule has 0 atom stereocenters. The van der Waals surface area contributed by atoms with E-state index >= 15 is 0 Å². The van der Waals surface area contributed by atoms with E-state index in [9.17, 15) is 5.11 Å². The van der Waals surface area contributed by atoms with Crippen LogP contribution in [-0.4, -0.2) is 33.7 Å². The van der Waals surface area contributed by atoms with Crippen molar-refractivity contribution < 1.29 is 5.11 Å². The maximum Gasteiger partial charge on any atom is 0.0872 e. The summed E-state index contributed by atoms with van der Waals surface area (Å²) in [6.45, 7) is 6.21. The predicted molar refractivity (Wildman–Crippen MR) is 54.9 cm³/mol. The average molecular weight is 192 g/mol. The second kappa shape index (κ2) is 3.33. The van der Waals surface area contributed by atoms with Crippen molar-refractivity contribution in [3.63, 3.8) is 0 Å². The number of likely N-dealkylation sites (tertiary alicyclic amines) is 1. The van der Waals surface area contributed by atoms with Gasteiger partial charge in [0.15, 0.2) is 0 Å². The van der Waals surface area contributed by atoms with Crippen LogP contribution in [0.1, 0.15) is 18.3 Å². The summed E-state index contributed by atoms with van der Waals surface area (Å²) in [4.78, 5) is 6.62. The number of rotatable bonds is 2. The molecule has 76 valence electrons. The zero-order valence-electron chi connectivity index (χ0n) is 8.70. The van der Waals surface area contributed by atoms with E-state index < -0.39 is 5.60 Å². The first-order chi connectivity index (χ1) is 6.55. The van der Waals surface area contributed by atoms with Gasteiger partial charge < -0.3 is 5.11 Å². The lowest BCUT2D eigenvalue weighted by Gasteiger charge is -2.44. The fraction of sp³-hybridized carbons (Fsp3) is 0.545. The highest BCUT2D eigenvalue weighted by molar-refractivity contribution is 5.10. The van der Waals surface area contributed by atoms with Crippen LogP contribution in [-0.2, 0) is 6.54 Å². The molecule has 3 nitrogen and oxygen atoms in total. The summed E-state index contributed by atoms with van der Waals surface area (Å²) in [6.07, 6.45) is 0. The third kappa shape index (κ3) is 2.11. The molecule has 1 aliphatic heterocycles. The van der Waals surface area contributed by atoms with E-state index in [2.05, 4.69) is 9.88 Å². The number of aromatic nitrogens is 1. The molecule has 1 saturated heterocycles. The minimum Gasteiger partial charge on any atom is -0.388 e. The van der Waals surface area contributed by atoms with Gasteiger partial charge in [0, 0.05) is 25.3 Å². The lowest BCUT2D eigenvalue weighted by atomic mass is 9.97. The maximum absolute atomic E-state index is 9.55. The van der Waals surface area contributed by atoms with Gasteiger partial charge in [-0.15, -0.1) is 0 Å². The number of aryl methyl sites for hydroxylation is 1. The quantitative estimate of drug-likeness (QED) is 0.758. The standard InChI is InChI=1S/C11H16N2O/c1-9-4-3-5-10(12-9)6-13-7-11(2,14)8-13/h3-5,14H,6-8H2,1-2H3. The number of hydrogen-bond donors (Lipinski definition) is 1. The fourth-order valence-corrected chi connectivity index (χ4v) is 1.95. The van der Waals surface area contributed by atoms with E-state index in [1.54, 1.807) is 0 Å². The van der Waals surface area contributed by atoms with Crippen LogP contribution in [0.15, 0.2) is 18.2 Å². The van der Waals surface area contributed by atoms with Gasteiger partial charge in [-0.3, -0.25) is 9.88 Å². The molecule has 0 saturated carbocycles. The SMILES string of the molecule is Cc1cccc(CN2CC(C)(O)C2)n1. The fourth-order valence-electron chi connectivity index (χ4n) is 1.95. The molecular formula is C11H16N2O. The number of nitrogens with zero attached hydrogens (tertiary/aromatic N) is 2. The van der Waals surface area contributed by atoms with Crippen LogP contribution in [0.4, 0.5) is 0 Å². The van der Waals surface area contributed by atoms with Crippen LogP contribution in [0.2, 0.25) is 0 Å². The number of pyridine rings is 1. The summed E-state index contributed by atoms with van der Waals surface area (Å²) < 4.78 is 0. The van der Waals surface area contributed by atoms with Gasteiger partial charge in [-0.25, -0.2) is 0 Å². The molecule has 2 rings (SSSR count). The van der Waals surface area contributed by atoms with Crippen molar-refractivity contribution in [3.8, 4) is 0 Å². The zero-order valence-corrected chi connectivity index (χ0v) is 8.70. The molecule has 1 aromatic rings. The van der Waals surface area contributed by atoms with Crippen LogP contribution in [0.5, 0.6) is 0 Å². The third-order valence-corrected chi connectivity index (χ3v) is 2.46. The Morgan fingerprint density at radius 2 is 2.21 bits per heavy atom. The average Bonchev–Trinajstić information content (AvgIpc) is 2.00. The van der Waals surface area contributed by atoms with E-state index in [1.165, 1.54) is 0 Å². The van der Waals surface area contributed by atoms with Gasteiger partial charge in [-0.05, 0) is 26.0 Å². The lowest BCUT2D eigenvalue weighted by molar-refractivity contribution is -0.0875. The summed E-state index contributed by atoms with van der Waals surface area (Å²) in [5.74, 6) is 0. The lowest BCUT2D eigenvalue weighted by Crippen LogP contribution is -2.59. The summed E-state index contributed by atoms with van der Waals surface area (Å²) in [7, 11) is 0. The van der Waals surface area contributed by atoms with E-state index in [1.807, 2.05) is 32.0 Å². The molecular weight excluding hydrogens is 176 g/mol. The molecule has 1 aliphatic rings. The van der Waals surface area contributed by atoms with Gasteiger partial charge in [0.1, 0.15) is 0 Å². The van der Waals surface area contributed by atoms with Crippen LogP contribution >= 0.6 is 0 Å². The molecule has 1 fully saturated rings. The molecule has 1 aromatic heterocycles. The van der Waals surface area contributed by atoms with E-state index in [0.717, 1.165) is 31.0 Å². The van der Waals surface area contributed by atoms with Crippen molar-refractivity contribution in [1.29, 1.82) is 0 Å². The first-order valence-electron chi connectivity index (χ1n) is 4.92. The van der Waals surface area contributed by atoms with Crippen molar-refractivity contribution in [2.45, 2.75) is 26.0 Å².